The van der Waals surface area contributed by atoms with Crippen LogP contribution in [0.1, 0.15) is 113 Å². The smallest absolute Gasteiger partial charge is 0.232 e. The van der Waals surface area contributed by atoms with E-state index >= 15 is 0 Å². The third kappa shape index (κ3) is 5.00. The zero-order chi connectivity index (χ0) is 24.2. The van der Waals surface area contributed by atoms with Gasteiger partial charge in [-0.05, 0) is 100 Å². The van der Waals surface area contributed by atoms with Gasteiger partial charge in [-0.1, -0.05) is 24.6 Å². The number of aromatic nitrogens is 3. The average Bonchev–Trinajstić information content (AvgIpc) is 3.10. The van der Waals surface area contributed by atoms with E-state index in [2.05, 4.69) is 65.2 Å². The minimum Gasteiger partial charge on any atom is -0.330 e. The zero-order valence-electron chi connectivity index (χ0n) is 22.2. The normalized spacial score (nSPS) is 27.2. The largest absolute Gasteiger partial charge is 0.330 e. The van der Waals surface area contributed by atoms with Crippen LogP contribution in [0.15, 0.2) is 5.16 Å². The topological polar surface area (TPSA) is 71.2 Å². The van der Waals surface area contributed by atoms with Gasteiger partial charge in [0.25, 0.3) is 0 Å². The summed E-state index contributed by atoms with van der Waals surface area (Å²) in [7, 11) is 0. The van der Waals surface area contributed by atoms with Crippen LogP contribution in [0.4, 0.5) is 11.9 Å². The second kappa shape index (κ2) is 8.54. The highest BCUT2D eigenvalue weighted by Crippen LogP contribution is 2.44. The number of piperidine rings is 2. The van der Waals surface area contributed by atoms with Gasteiger partial charge in [0.2, 0.25) is 11.9 Å². The Morgan fingerprint density at radius 3 is 1.64 bits per heavy atom. The van der Waals surface area contributed by atoms with E-state index in [0.29, 0.717) is 5.25 Å². The molecule has 6 nitrogen and oxygen atoms in total. The van der Waals surface area contributed by atoms with Crippen molar-refractivity contribution in [3.63, 3.8) is 0 Å². The van der Waals surface area contributed by atoms with Gasteiger partial charge in [-0.25, -0.2) is 0 Å². The lowest BCUT2D eigenvalue weighted by atomic mass is 9.77. The van der Waals surface area contributed by atoms with Crippen molar-refractivity contribution in [2.75, 3.05) is 9.80 Å². The number of hydrogen-bond acceptors (Lipinski definition) is 7. The lowest BCUT2D eigenvalue weighted by Gasteiger charge is -2.55. The van der Waals surface area contributed by atoms with Crippen molar-refractivity contribution in [3.8, 4) is 0 Å². The Kier molecular flexibility index (Phi) is 6.48. The quantitative estimate of drug-likeness (QED) is 0.579. The SMILES string of the molecule is CC1(C)CCCC(C)(C)N1c1nc(SC2CCCC2)nc(N2C(C)(C)CC(N)CC2(C)C)n1. The zero-order valence-corrected chi connectivity index (χ0v) is 23.1. The van der Waals surface area contributed by atoms with Gasteiger partial charge in [0.05, 0.1) is 0 Å². The lowest BCUT2D eigenvalue weighted by molar-refractivity contribution is 0.214. The van der Waals surface area contributed by atoms with Gasteiger partial charge in [-0.15, -0.1) is 0 Å². The third-order valence-electron chi connectivity index (χ3n) is 8.09. The minimum atomic E-state index is -0.123. The first-order valence-corrected chi connectivity index (χ1v) is 13.9. The van der Waals surface area contributed by atoms with Crippen molar-refractivity contribution in [1.82, 2.24) is 15.0 Å². The van der Waals surface area contributed by atoms with Crippen LogP contribution < -0.4 is 15.5 Å². The van der Waals surface area contributed by atoms with Crippen LogP contribution in [0.2, 0.25) is 0 Å². The summed E-state index contributed by atoms with van der Waals surface area (Å²) in [6.45, 7) is 18.5. The van der Waals surface area contributed by atoms with Crippen molar-refractivity contribution in [2.24, 2.45) is 5.73 Å². The third-order valence-corrected chi connectivity index (χ3v) is 9.29. The van der Waals surface area contributed by atoms with Crippen LogP contribution >= 0.6 is 11.8 Å². The summed E-state index contributed by atoms with van der Waals surface area (Å²) in [5.41, 5.74) is 6.25. The van der Waals surface area contributed by atoms with Gasteiger partial charge in [-0.2, -0.15) is 15.0 Å². The van der Waals surface area contributed by atoms with Gasteiger partial charge in [-0.3, -0.25) is 0 Å². The summed E-state index contributed by atoms with van der Waals surface area (Å²) in [6, 6.07) is 0.194. The predicted octanol–water partition coefficient (Wildman–Crippen LogP) is 5.94. The molecule has 3 fully saturated rings. The molecule has 3 heterocycles. The first-order chi connectivity index (χ1) is 15.2. The second-order valence-corrected chi connectivity index (χ2v) is 14.5. The summed E-state index contributed by atoms with van der Waals surface area (Å²) in [5, 5.41) is 1.51. The molecule has 186 valence electrons. The minimum absolute atomic E-state index is 0.00492. The molecule has 3 aliphatic rings. The van der Waals surface area contributed by atoms with E-state index in [1.165, 1.54) is 32.1 Å². The van der Waals surface area contributed by atoms with Crippen molar-refractivity contribution in [3.05, 3.63) is 0 Å². The summed E-state index contributed by atoms with van der Waals surface area (Å²) in [6.07, 6.45) is 10.6. The predicted molar refractivity (Wildman–Crippen MR) is 140 cm³/mol. The van der Waals surface area contributed by atoms with Crippen LogP contribution in [0, 0.1) is 0 Å². The molecule has 0 atom stereocenters. The Morgan fingerprint density at radius 2 is 1.15 bits per heavy atom. The van der Waals surface area contributed by atoms with Gasteiger partial charge in [0.1, 0.15) is 0 Å². The van der Waals surface area contributed by atoms with E-state index in [-0.39, 0.29) is 28.2 Å². The number of nitrogens with two attached hydrogens (primary N) is 1. The van der Waals surface area contributed by atoms with Gasteiger partial charge in [0.15, 0.2) is 5.16 Å². The maximum Gasteiger partial charge on any atom is 0.232 e. The van der Waals surface area contributed by atoms with E-state index in [9.17, 15) is 0 Å². The molecular formula is C26H46N6S. The highest BCUT2D eigenvalue weighted by molar-refractivity contribution is 7.99. The van der Waals surface area contributed by atoms with Crippen molar-refractivity contribution in [1.29, 1.82) is 0 Å². The van der Waals surface area contributed by atoms with Gasteiger partial charge >= 0.3 is 0 Å². The highest BCUT2D eigenvalue weighted by atomic mass is 32.2. The molecule has 1 aromatic rings. The Hall–Kier alpha value is -1.08. The molecule has 0 spiro atoms. The monoisotopic (exact) mass is 474 g/mol. The fraction of sp³-hybridized carbons (Fsp3) is 0.885. The molecule has 0 aromatic carbocycles. The van der Waals surface area contributed by atoms with E-state index in [4.69, 9.17) is 20.7 Å². The van der Waals surface area contributed by atoms with Crippen LogP contribution in [-0.4, -0.2) is 48.4 Å². The molecule has 0 amide bonds. The van der Waals surface area contributed by atoms with E-state index in [0.717, 1.165) is 42.7 Å². The molecule has 0 bridgehead atoms. The van der Waals surface area contributed by atoms with Gasteiger partial charge in [0, 0.05) is 33.4 Å². The maximum absolute atomic E-state index is 6.49. The highest BCUT2D eigenvalue weighted by Gasteiger charge is 2.47. The Morgan fingerprint density at radius 1 is 0.697 bits per heavy atom. The fourth-order valence-electron chi connectivity index (χ4n) is 7.18. The number of thioether (sulfide) groups is 1. The summed E-state index contributed by atoms with van der Waals surface area (Å²) < 4.78 is 0. The van der Waals surface area contributed by atoms with Crippen molar-refractivity contribution >= 4 is 23.7 Å². The number of nitrogens with zero attached hydrogens (tertiary/aromatic N) is 5. The molecule has 0 unspecified atom stereocenters. The Labute approximate surface area is 205 Å². The molecule has 2 saturated heterocycles. The number of anilines is 2. The van der Waals surface area contributed by atoms with E-state index in [1.807, 2.05) is 11.8 Å². The molecule has 33 heavy (non-hydrogen) atoms. The Bertz CT molecular complexity index is 824. The standard InChI is InChI=1S/C26H46N6S/c1-23(2)14-11-15-24(3,4)31(23)20-28-21(30-22(29-20)33-19-12-9-10-13-19)32-25(5,6)16-18(27)17-26(32,7)8/h18-19H,9-17,27H2,1-8H3. The number of hydrogen-bond donors (Lipinski definition) is 1. The number of rotatable bonds is 4. The molecule has 1 aromatic heterocycles. The Balaban J connectivity index is 1.83. The van der Waals surface area contributed by atoms with Crippen LogP contribution in [0.3, 0.4) is 0 Å². The first-order valence-electron chi connectivity index (χ1n) is 13.0. The lowest BCUT2D eigenvalue weighted by Crippen LogP contribution is -2.64. The molecule has 2 N–H and O–H groups in total. The van der Waals surface area contributed by atoms with Crippen molar-refractivity contribution < 1.29 is 0 Å². The molecule has 2 aliphatic heterocycles. The van der Waals surface area contributed by atoms with Crippen LogP contribution in [0.25, 0.3) is 0 Å². The molecule has 4 rings (SSSR count). The van der Waals surface area contributed by atoms with Gasteiger partial charge < -0.3 is 15.5 Å². The van der Waals surface area contributed by atoms with Crippen molar-refractivity contribution in [2.45, 2.75) is 152 Å². The van der Waals surface area contributed by atoms with E-state index in [1.54, 1.807) is 0 Å². The average molecular weight is 475 g/mol. The molecule has 0 radical (unpaired) electrons. The molecule has 1 saturated carbocycles. The van der Waals surface area contributed by atoms with Crippen LogP contribution in [0.5, 0.6) is 0 Å². The summed E-state index contributed by atoms with van der Waals surface area (Å²) >= 11 is 1.87. The summed E-state index contributed by atoms with van der Waals surface area (Å²) in [5.74, 6) is 1.66. The molecular weight excluding hydrogens is 428 g/mol. The molecule has 7 heteroatoms. The van der Waals surface area contributed by atoms with Crippen LogP contribution in [-0.2, 0) is 0 Å². The first kappa shape index (κ1) is 25.0. The summed E-state index contributed by atoms with van der Waals surface area (Å²) in [4.78, 5) is 20.4. The fourth-order valence-corrected chi connectivity index (χ4v) is 8.32. The second-order valence-electron chi connectivity index (χ2n) is 13.2. The maximum atomic E-state index is 6.49. The van der Waals surface area contributed by atoms with E-state index < -0.39 is 0 Å². The molecule has 1 aliphatic carbocycles.